The predicted octanol–water partition coefficient (Wildman–Crippen LogP) is 2.84. The average Bonchev–Trinajstić information content (AvgIpc) is 2.27. The van der Waals surface area contributed by atoms with Crippen molar-refractivity contribution in [3.05, 3.63) is 29.6 Å². The maximum Gasteiger partial charge on any atom is 0.416 e. The number of likely N-dealkylation sites (N-methyl/N-ethyl adjacent to an activating group) is 1. The van der Waals surface area contributed by atoms with Crippen LogP contribution in [0.5, 0.6) is 0 Å². The molecule has 0 N–H and O–H groups in total. The van der Waals surface area contributed by atoms with Crippen LogP contribution < -0.4 is 4.90 Å². The van der Waals surface area contributed by atoms with Gasteiger partial charge in [0.15, 0.2) is 0 Å². The first-order valence-corrected chi connectivity index (χ1v) is 5.49. The third kappa shape index (κ3) is 4.11. The van der Waals surface area contributed by atoms with Crippen LogP contribution in [0.1, 0.15) is 12.5 Å². The van der Waals surface area contributed by atoms with E-state index in [1.165, 1.54) is 11.9 Å². The molecule has 3 nitrogen and oxygen atoms in total. The van der Waals surface area contributed by atoms with Crippen LogP contribution in [-0.2, 0) is 15.7 Å². The largest absolute Gasteiger partial charge is 0.465 e. The quantitative estimate of drug-likeness (QED) is 0.627. The third-order valence-electron chi connectivity index (χ3n) is 2.36. The number of carbonyl (C=O) groups excluding carboxylic acids is 1. The molecular weight excluding hydrogens is 266 g/mol. The molecule has 19 heavy (non-hydrogen) atoms. The van der Waals surface area contributed by atoms with Crippen molar-refractivity contribution in [2.45, 2.75) is 13.1 Å². The number of esters is 1. The fourth-order valence-electron chi connectivity index (χ4n) is 1.48. The molecule has 0 heterocycles. The lowest BCUT2D eigenvalue weighted by Gasteiger charge is -2.19. The lowest BCUT2D eigenvalue weighted by atomic mass is 10.2. The van der Waals surface area contributed by atoms with Gasteiger partial charge in [-0.3, -0.25) is 4.79 Å². The average molecular weight is 279 g/mol. The number of rotatable bonds is 4. The van der Waals surface area contributed by atoms with Gasteiger partial charge in [0.2, 0.25) is 0 Å². The maximum atomic E-state index is 13.6. The molecule has 0 aliphatic heterocycles. The summed E-state index contributed by atoms with van der Waals surface area (Å²) in [5.74, 6) is -1.62. The molecule has 0 aliphatic carbocycles. The molecule has 0 fully saturated rings. The Kier molecular flexibility index (Phi) is 4.74. The zero-order chi connectivity index (χ0) is 14.6. The highest BCUT2D eigenvalue weighted by molar-refractivity contribution is 5.75. The Labute approximate surface area is 107 Å². The van der Waals surface area contributed by atoms with Crippen LogP contribution in [0.3, 0.4) is 0 Å². The van der Waals surface area contributed by atoms with Crippen molar-refractivity contribution in [1.82, 2.24) is 0 Å². The molecule has 0 amide bonds. The van der Waals surface area contributed by atoms with Gasteiger partial charge in [0.05, 0.1) is 17.9 Å². The molecule has 1 aromatic rings. The fraction of sp³-hybridized carbons (Fsp3) is 0.417. The molecule has 1 rings (SSSR count). The van der Waals surface area contributed by atoms with E-state index in [4.69, 9.17) is 0 Å². The van der Waals surface area contributed by atoms with Crippen LogP contribution >= 0.6 is 0 Å². The molecule has 1 aromatic carbocycles. The van der Waals surface area contributed by atoms with Gasteiger partial charge in [-0.05, 0) is 25.1 Å². The van der Waals surface area contributed by atoms with Crippen molar-refractivity contribution in [1.29, 1.82) is 0 Å². The van der Waals surface area contributed by atoms with Crippen LogP contribution in [0.25, 0.3) is 0 Å². The van der Waals surface area contributed by atoms with Gasteiger partial charge < -0.3 is 9.64 Å². The van der Waals surface area contributed by atoms with E-state index in [1.54, 1.807) is 6.92 Å². The number of benzene rings is 1. The fourth-order valence-corrected chi connectivity index (χ4v) is 1.48. The van der Waals surface area contributed by atoms with Gasteiger partial charge in [0.1, 0.15) is 12.4 Å². The third-order valence-corrected chi connectivity index (χ3v) is 2.36. The predicted molar refractivity (Wildman–Crippen MR) is 61.3 cm³/mol. The van der Waals surface area contributed by atoms with Crippen LogP contribution in [0.2, 0.25) is 0 Å². The van der Waals surface area contributed by atoms with E-state index in [0.29, 0.717) is 6.07 Å². The number of ether oxygens (including phenoxy) is 1. The van der Waals surface area contributed by atoms with E-state index in [1.807, 2.05) is 0 Å². The van der Waals surface area contributed by atoms with Crippen LogP contribution in [-0.4, -0.2) is 26.2 Å². The normalized spacial score (nSPS) is 11.3. The molecule has 0 aromatic heterocycles. The Hall–Kier alpha value is -1.79. The first-order valence-electron chi connectivity index (χ1n) is 5.49. The number of nitrogens with zero attached hydrogens (tertiary/aromatic N) is 1. The molecule has 106 valence electrons. The van der Waals surface area contributed by atoms with Crippen molar-refractivity contribution in [3.63, 3.8) is 0 Å². The molecule has 0 unspecified atom stereocenters. The minimum Gasteiger partial charge on any atom is -0.465 e. The van der Waals surface area contributed by atoms with E-state index in [9.17, 15) is 22.4 Å². The lowest BCUT2D eigenvalue weighted by Crippen LogP contribution is -2.28. The van der Waals surface area contributed by atoms with Gasteiger partial charge in [-0.2, -0.15) is 13.2 Å². The highest BCUT2D eigenvalue weighted by atomic mass is 19.4. The number of halogens is 4. The van der Waals surface area contributed by atoms with Crippen molar-refractivity contribution >= 4 is 11.7 Å². The number of alkyl halides is 3. The van der Waals surface area contributed by atoms with Crippen molar-refractivity contribution in [3.8, 4) is 0 Å². The van der Waals surface area contributed by atoms with E-state index >= 15 is 0 Å². The van der Waals surface area contributed by atoms with Crippen LogP contribution in [0.4, 0.5) is 23.2 Å². The van der Waals surface area contributed by atoms with Crippen molar-refractivity contribution in [2.24, 2.45) is 0 Å². The van der Waals surface area contributed by atoms with E-state index in [0.717, 1.165) is 12.1 Å². The SMILES string of the molecule is CCOC(=O)CN(C)c1ccc(C(F)(F)F)cc1F. The number of hydrogen-bond donors (Lipinski definition) is 0. The number of anilines is 1. The zero-order valence-electron chi connectivity index (χ0n) is 10.4. The van der Waals surface area contributed by atoms with Gasteiger partial charge in [-0.15, -0.1) is 0 Å². The molecule has 7 heteroatoms. The Morgan fingerprint density at radius 2 is 2.00 bits per heavy atom. The molecule has 0 aliphatic rings. The Bertz CT molecular complexity index is 460. The molecule has 0 saturated heterocycles. The zero-order valence-corrected chi connectivity index (χ0v) is 10.4. The van der Waals surface area contributed by atoms with Crippen molar-refractivity contribution < 1.29 is 27.1 Å². The summed E-state index contributed by atoms with van der Waals surface area (Å²) < 4.78 is 55.3. The molecule has 0 atom stereocenters. The smallest absolute Gasteiger partial charge is 0.416 e. The minimum absolute atomic E-state index is 0.0962. The summed E-state index contributed by atoms with van der Waals surface area (Å²) in [5.41, 5.74) is -1.17. The van der Waals surface area contributed by atoms with Crippen LogP contribution in [0.15, 0.2) is 18.2 Å². The van der Waals surface area contributed by atoms with Gasteiger partial charge >= 0.3 is 12.1 Å². The number of carbonyl (C=O) groups is 1. The second kappa shape index (κ2) is 5.90. The van der Waals surface area contributed by atoms with Gasteiger partial charge in [-0.25, -0.2) is 4.39 Å². The standard InChI is InChI=1S/C12H13F4NO2/c1-3-19-11(18)7-17(2)10-5-4-8(6-9(10)13)12(14,15)16/h4-6H,3,7H2,1-2H3. The summed E-state index contributed by atoms with van der Waals surface area (Å²) in [4.78, 5) is 12.4. The highest BCUT2D eigenvalue weighted by Crippen LogP contribution is 2.31. The van der Waals surface area contributed by atoms with Gasteiger partial charge in [0, 0.05) is 7.05 Å². The Balaban J connectivity index is 2.87. The summed E-state index contributed by atoms with van der Waals surface area (Å²) in [7, 11) is 1.39. The molecule has 0 saturated carbocycles. The highest BCUT2D eigenvalue weighted by Gasteiger charge is 2.31. The molecule has 0 bridgehead atoms. The Morgan fingerprint density at radius 1 is 1.37 bits per heavy atom. The summed E-state index contributed by atoms with van der Waals surface area (Å²) >= 11 is 0. The van der Waals surface area contributed by atoms with Gasteiger partial charge in [-0.1, -0.05) is 0 Å². The van der Waals surface area contributed by atoms with Crippen LogP contribution in [0, 0.1) is 5.82 Å². The van der Waals surface area contributed by atoms with E-state index in [2.05, 4.69) is 4.74 Å². The summed E-state index contributed by atoms with van der Waals surface area (Å²) in [5, 5.41) is 0. The number of hydrogen-bond acceptors (Lipinski definition) is 3. The summed E-state index contributed by atoms with van der Waals surface area (Å²) in [6.07, 6.45) is -4.60. The van der Waals surface area contributed by atoms with E-state index < -0.39 is 23.5 Å². The summed E-state index contributed by atoms with van der Waals surface area (Å²) in [6, 6.07) is 2.15. The van der Waals surface area contributed by atoms with E-state index in [-0.39, 0.29) is 18.8 Å². The second-order valence-electron chi connectivity index (χ2n) is 3.83. The molecule has 0 radical (unpaired) electrons. The first kappa shape index (κ1) is 15.3. The monoisotopic (exact) mass is 279 g/mol. The summed E-state index contributed by atoms with van der Waals surface area (Å²) in [6.45, 7) is 1.56. The molecular formula is C12H13F4NO2. The molecule has 0 spiro atoms. The minimum atomic E-state index is -4.60. The first-order chi connectivity index (χ1) is 8.75. The topological polar surface area (TPSA) is 29.5 Å². The van der Waals surface area contributed by atoms with Crippen molar-refractivity contribution in [2.75, 3.05) is 25.1 Å². The second-order valence-corrected chi connectivity index (χ2v) is 3.83. The Morgan fingerprint density at radius 3 is 2.47 bits per heavy atom. The van der Waals surface area contributed by atoms with Gasteiger partial charge in [0.25, 0.3) is 0 Å². The maximum absolute atomic E-state index is 13.6. The lowest BCUT2D eigenvalue weighted by molar-refractivity contribution is -0.141.